The number of anilines is 1. The number of carbonyl (C=O) groups is 2. The molecule has 5 heterocycles. The normalized spacial score (nSPS) is 22.2. The molecule has 1 aromatic carbocycles. The fourth-order valence-electron chi connectivity index (χ4n) is 7.27. The standard InChI is InChI=1S/C35H48N6O4S/c1-21(2)32(30-16-31(39-45-30)40-17-25(18-40)6-5-24-11-13-36-14-12-24)35(44)41-19-28(42)15-29(41)34(43)38-22(3)26-7-9-27(10-8-26)33-23(4)37-20-46-33/h7-10,16,20-22,24-25,28-29,32,36,42H,5-6,11-15,17-19H2,1-4H3,(H,38,43)/t22-,28+,29-,32+/m0/s1. The van der Waals surface area contributed by atoms with Crippen LogP contribution in [0.15, 0.2) is 40.4 Å². The van der Waals surface area contributed by atoms with E-state index in [1.54, 1.807) is 11.3 Å². The number of benzene rings is 1. The Hall–Kier alpha value is -3.28. The summed E-state index contributed by atoms with van der Waals surface area (Å²) in [4.78, 5) is 36.9. The molecule has 3 N–H and O–H groups in total. The molecule has 46 heavy (non-hydrogen) atoms. The molecule has 3 aliphatic rings. The fraction of sp³-hybridized carbons (Fsp3) is 0.600. The van der Waals surface area contributed by atoms with Crippen LogP contribution in [-0.4, -0.2) is 76.8 Å². The molecule has 0 saturated carbocycles. The van der Waals surface area contributed by atoms with Crippen LogP contribution in [0.1, 0.15) is 81.9 Å². The van der Waals surface area contributed by atoms with E-state index in [-0.39, 0.29) is 36.7 Å². The molecule has 6 rings (SSSR count). The van der Waals surface area contributed by atoms with Crippen molar-refractivity contribution >= 4 is 29.0 Å². The first-order valence-electron chi connectivity index (χ1n) is 16.9. The Morgan fingerprint density at radius 2 is 1.80 bits per heavy atom. The summed E-state index contributed by atoms with van der Waals surface area (Å²) in [6, 6.07) is 8.98. The number of carbonyl (C=O) groups excluding carboxylic acids is 2. The first kappa shape index (κ1) is 32.7. The highest BCUT2D eigenvalue weighted by atomic mass is 32.1. The van der Waals surface area contributed by atoms with E-state index < -0.39 is 18.1 Å². The summed E-state index contributed by atoms with van der Waals surface area (Å²) in [6.07, 6.45) is 4.54. The number of piperidine rings is 1. The third-order valence-electron chi connectivity index (χ3n) is 10.1. The van der Waals surface area contributed by atoms with E-state index in [9.17, 15) is 14.7 Å². The first-order chi connectivity index (χ1) is 22.2. The van der Waals surface area contributed by atoms with Crippen LogP contribution in [0, 0.1) is 24.7 Å². The number of likely N-dealkylation sites (tertiary alicyclic amines) is 1. The zero-order valence-electron chi connectivity index (χ0n) is 27.4. The second kappa shape index (κ2) is 14.2. The molecular weight excluding hydrogens is 600 g/mol. The van der Waals surface area contributed by atoms with Crippen molar-refractivity contribution in [1.29, 1.82) is 0 Å². The molecule has 2 amide bonds. The number of aryl methyl sites for hydroxylation is 1. The fourth-order valence-corrected chi connectivity index (χ4v) is 8.08. The number of nitrogens with one attached hydrogen (secondary N) is 2. The third kappa shape index (κ3) is 7.16. The Balaban J connectivity index is 1.06. The molecule has 3 aromatic rings. The maximum Gasteiger partial charge on any atom is 0.243 e. The van der Waals surface area contributed by atoms with E-state index in [4.69, 9.17) is 4.52 Å². The quantitative estimate of drug-likeness (QED) is 0.268. The summed E-state index contributed by atoms with van der Waals surface area (Å²) in [7, 11) is 0. The molecule has 0 unspecified atom stereocenters. The largest absolute Gasteiger partial charge is 0.391 e. The van der Waals surface area contributed by atoms with Gasteiger partial charge < -0.3 is 30.1 Å². The van der Waals surface area contributed by atoms with Crippen molar-refractivity contribution in [1.82, 2.24) is 25.7 Å². The molecule has 3 aliphatic heterocycles. The molecule has 0 aliphatic carbocycles. The third-order valence-corrected chi connectivity index (χ3v) is 11.1. The maximum atomic E-state index is 14.1. The minimum absolute atomic E-state index is 0.0801. The second-order valence-corrected chi connectivity index (χ2v) is 14.7. The molecule has 248 valence electrons. The number of hydrogen-bond donors (Lipinski definition) is 3. The van der Waals surface area contributed by atoms with Gasteiger partial charge in [-0.2, -0.15) is 0 Å². The van der Waals surface area contributed by atoms with Gasteiger partial charge in [0, 0.05) is 32.1 Å². The molecule has 0 bridgehead atoms. The summed E-state index contributed by atoms with van der Waals surface area (Å²) in [6.45, 7) is 12.2. The molecule has 2 aromatic heterocycles. The van der Waals surface area contributed by atoms with Crippen LogP contribution in [0.4, 0.5) is 5.82 Å². The molecule has 11 heteroatoms. The van der Waals surface area contributed by atoms with Gasteiger partial charge in [0.1, 0.15) is 12.0 Å². The van der Waals surface area contributed by atoms with Gasteiger partial charge in [0.15, 0.2) is 11.6 Å². The van der Waals surface area contributed by atoms with Gasteiger partial charge in [-0.15, -0.1) is 11.3 Å². The molecule has 4 atom stereocenters. The second-order valence-electron chi connectivity index (χ2n) is 13.9. The highest BCUT2D eigenvalue weighted by Gasteiger charge is 2.44. The van der Waals surface area contributed by atoms with Gasteiger partial charge in [0.25, 0.3) is 0 Å². The van der Waals surface area contributed by atoms with Crippen molar-refractivity contribution in [3.63, 3.8) is 0 Å². The van der Waals surface area contributed by atoms with Crippen molar-refractivity contribution in [3.05, 3.63) is 52.9 Å². The summed E-state index contributed by atoms with van der Waals surface area (Å²) in [5.74, 6) is 1.64. The SMILES string of the molecule is Cc1ncsc1-c1ccc([C@H](C)NC(=O)[C@@H]2C[C@@H](O)CN2C(=O)[C@@H](c2cc(N3CC(CCC4CCNCC4)C3)no2)C(C)C)cc1. The molecule has 0 radical (unpaired) electrons. The Morgan fingerprint density at radius 3 is 2.48 bits per heavy atom. The lowest BCUT2D eigenvalue weighted by molar-refractivity contribution is -0.141. The van der Waals surface area contributed by atoms with E-state index >= 15 is 0 Å². The van der Waals surface area contributed by atoms with Crippen molar-refractivity contribution in [2.45, 2.75) is 83.9 Å². The number of β-amino-alcohol motifs (C(OH)–C–C–N with tert-alkyl or cyclic N) is 1. The lowest BCUT2D eigenvalue weighted by atomic mass is 9.86. The van der Waals surface area contributed by atoms with Gasteiger partial charge in [0.05, 0.1) is 28.2 Å². The van der Waals surface area contributed by atoms with E-state index in [0.717, 1.165) is 59.6 Å². The summed E-state index contributed by atoms with van der Waals surface area (Å²) >= 11 is 1.61. The van der Waals surface area contributed by atoms with E-state index in [2.05, 4.69) is 25.7 Å². The number of thiazole rings is 1. The van der Waals surface area contributed by atoms with Crippen molar-refractivity contribution < 1.29 is 19.2 Å². The van der Waals surface area contributed by atoms with E-state index in [1.807, 2.05) is 63.5 Å². The minimum Gasteiger partial charge on any atom is -0.391 e. The van der Waals surface area contributed by atoms with Crippen LogP contribution in [0.3, 0.4) is 0 Å². The summed E-state index contributed by atoms with van der Waals surface area (Å²) in [5.41, 5.74) is 4.89. The summed E-state index contributed by atoms with van der Waals surface area (Å²) < 4.78 is 5.79. The Kier molecular flexibility index (Phi) is 10.1. The van der Waals surface area contributed by atoms with Crippen molar-refractivity contribution in [2.24, 2.45) is 17.8 Å². The highest BCUT2D eigenvalue weighted by Crippen LogP contribution is 2.35. The molecule has 10 nitrogen and oxygen atoms in total. The van der Waals surface area contributed by atoms with Crippen LogP contribution in [0.25, 0.3) is 10.4 Å². The predicted octanol–water partition coefficient (Wildman–Crippen LogP) is 4.90. The van der Waals surface area contributed by atoms with Gasteiger partial charge in [-0.25, -0.2) is 4.98 Å². The Bertz CT molecular complexity index is 1480. The maximum absolute atomic E-state index is 14.1. The van der Waals surface area contributed by atoms with Gasteiger partial charge in [-0.3, -0.25) is 9.59 Å². The lowest BCUT2D eigenvalue weighted by Gasteiger charge is -2.40. The van der Waals surface area contributed by atoms with Gasteiger partial charge >= 0.3 is 0 Å². The topological polar surface area (TPSA) is 124 Å². The van der Waals surface area contributed by atoms with Crippen LogP contribution >= 0.6 is 11.3 Å². The van der Waals surface area contributed by atoms with Gasteiger partial charge in [0.2, 0.25) is 11.8 Å². The van der Waals surface area contributed by atoms with Crippen LogP contribution < -0.4 is 15.5 Å². The molecule has 3 fully saturated rings. The van der Waals surface area contributed by atoms with Gasteiger partial charge in [-0.05, 0) is 81.5 Å². The Labute approximate surface area is 275 Å². The number of rotatable bonds is 11. The lowest BCUT2D eigenvalue weighted by Crippen LogP contribution is -2.48. The zero-order valence-corrected chi connectivity index (χ0v) is 28.3. The predicted molar refractivity (Wildman–Crippen MR) is 180 cm³/mol. The number of aliphatic hydroxyl groups is 1. The van der Waals surface area contributed by atoms with Crippen LogP contribution in [0.5, 0.6) is 0 Å². The van der Waals surface area contributed by atoms with E-state index in [0.29, 0.717) is 11.7 Å². The number of aromatic nitrogens is 2. The average Bonchev–Trinajstić information content (AvgIpc) is 3.77. The monoisotopic (exact) mass is 648 g/mol. The van der Waals surface area contributed by atoms with Crippen LogP contribution in [0.2, 0.25) is 0 Å². The van der Waals surface area contributed by atoms with Gasteiger partial charge in [-0.1, -0.05) is 43.3 Å². The summed E-state index contributed by atoms with van der Waals surface area (Å²) in [5, 5.41) is 21.5. The van der Waals surface area contributed by atoms with E-state index in [1.165, 1.54) is 30.6 Å². The average molecular weight is 649 g/mol. The molecule has 3 saturated heterocycles. The number of amides is 2. The van der Waals surface area contributed by atoms with Crippen LogP contribution in [-0.2, 0) is 9.59 Å². The highest BCUT2D eigenvalue weighted by molar-refractivity contribution is 7.13. The first-order valence-corrected chi connectivity index (χ1v) is 17.8. The van der Waals surface area contributed by atoms with Crippen molar-refractivity contribution in [2.75, 3.05) is 37.6 Å². The molecular formula is C35H48N6O4S. The number of nitrogens with zero attached hydrogens (tertiary/aromatic N) is 4. The number of aliphatic hydroxyl groups excluding tert-OH is 1. The number of hydrogen-bond acceptors (Lipinski definition) is 9. The van der Waals surface area contributed by atoms with Crippen molar-refractivity contribution in [3.8, 4) is 10.4 Å². The smallest absolute Gasteiger partial charge is 0.243 e. The molecule has 0 spiro atoms. The minimum atomic E-state index is -0.766. The Morgan fingerprint density at radius 1 is 1.09 bits per heavy atom. The zero-order chi connectivity index (χ0) is 32.4.